The summed E-state index contributed by atoms with van der Waals surface area (Å²) in [5.41, 5.74) is 0.551. The fourth-order valence-electron chi connectivity index (χ4n) is 1.40. The van der Waals surface area contributed by atoms with Gasteiger partial charge in [-0.25, -0.2) is 0 Å². The van der Waals surface area contributed by atoms with Crippen LogP contribution in [0.2, 0.25) is 0 Å². The molecule has 0 aromatic heterocycles. The summed E-state index contributed by atoms with van der Waals surface area (Å²) < 4.78 is 24.4. The maximum Gasteiger partial charge on any atom is 0.288 e. The van der Waals surface area contributed by atoms with E-state index in [0.29, 0.717) is 28.8 Å². The van der Waals surface area contributed by atoms with Crippen molar-refractivity contribution in [1.29, 1.82) is 0 Å². The minimum absolute atomic E-state index is 0.107. The highest BCUT2D eigenvalue weighted by molar-refractivity contribution is 7.99. The van der Waals surface area contributed by atoms with E-state index in [1.54, 1.807) is 24.3 Å². The number of halogens is 2. The summed E-state index contributed by atoms with van der Waals surface area (Å²) in [5.74, 6) is -2.56. The van der Waals surface area contributed by atoms with Crippen LogP contribution in [0.4, 0.5) is 14.5 Å². The third-order valence-corrected chi connectivity index (χ3v) is 2.88. The van der Waals surface area contributed by atoms with Gasteiger partial charge in [0.25, 0.3) is 5.76 Å². The lowest BCUT2D eigenvalue weighted by atomic mass is 10.2. The molecule has 0 aliphatic rings. The van der Waals surface area contributed by atoms with E-state index < -0.39 is 5.76 Å². The van der Waals surface area contributed by atoms with Crippen LogP contribution in [0.15, 0.2) is 29.2 Å². The maximum absolute atomic E-state index is 12.2. The molecule has 0 radical (unpaired) electrons. The van der Waals surface area contributed by atoms with E-state index in [-0.39, 0.29) is 5.91 Å². The molecule has 0 bridgehead atoms. The van der Waals surface area contributed by atoms with Gasteiger partial charge < -0.3 is 10.6 Å². The van der Waals surface area contributed by atoms with Gasteiger partial charge in [0.05, 0.1) is 0 Å². The van der Waals surface area contributed by atoms with Crippen molar-refractivity contribution in [2.45, 2.75) is 23.5 Å². The van der Waals surface area contributed by atoms with Gasteiger partial charge in [-0.05, 0) is 38.2 Å². The van der Waals surface area contributed by atoms with Gasteiger partial charge >= 0.3 is 0 Å². The van der Waals surface area contributed by atoms with Crippen molar-refractivity contribution in [3.63, 3.8) is 0 Å². The summed E-state index contributed by atoms with van der Waals surface area (Å²) >= 11 is 0.467. The van der Waals surface area contributed by atoms with Crippen LogP contribution >= 0.6 is 11.8 Å². The Kier molecular flexibility index (Phi) is 6.67. The Morgan fingerprint density at radius 3 is 2.89 bits per heavy atom. The zero-order chi connectivity index (χ0) is 13.4. The summed E-state index contributed by atoms with van der Waals surface area (Å²) in [7, 11) is 1.82. The number of alkyl halides is 2. The predicted molar refractivity (Wildman–Crippen MR) is 70.1 cm³/mol. The molecule has 1 aromatic carbocycles. The summed E-state index contributed by atoms with van der Waals surface area (Å²) in [6.45, 7) is 0.773. The number of amides is 1. The average Bonchev–Trinajstić information content (AvgIpc) is 2.28. The van der Waals surface area contributed by atoms with Crippen LogP contribution in [-0.2, 0) is 4.79 Å². The minimum atomic E-state index is -2.45. The molecule has 0 saturated carbocycles. The summed E-state index contributed by atoms with van der Waals surface area (Å²) in [6.07, 6.45) is 1.15. The summed E-state index contributed by atoms with van der Waals surface area (Å²) in [6, 6.07) is 6.47. The first-order valence-corrected chi connectivity index (χ1v) is 6.49. The van der Waals surface area contributed by atoms with Gasteiger partial charge in [0.1, 0.15) is 0 Å². The molecule has 1 amide bonds. The molecule has 100 valence electrons. The van der Waals surface area contributed by atoms with E-state index in [9.17, 15) is 13.6 Å². The first-order valence-electron chi connectivity index (χ1n) is 5.61. The Hall–Kier alpha value is -1.14. The van der Waals surface area contributed by atoms with E-state index in [2.05, 4.69) is 10.6 Å². The third kappa shape index (κ3) is 5.97. The van der Waals surface area contributed by atoms with Crippen LogP contribution < -0.4 is 10.6 Å². The topological polar surface area (TPSA) is 41.1 Å². The molecule has 0 atom stereocenters. The van der Waals surface area contributed by atoms with Crippen molar-refractivity contribution in [2.24, 2.45) is 0 Å². The van der Waals surface area contributed by atoms with Crippen LogP contribution in [0.1, 0.15) is 12.8 Å². The molecule has 0 heterocycles. The van der Waals surface area contributed by atoms with E-state index >= 15 is 0 Å². The molecule has 0 spiro atoms. The minimum Gasteiger partial charge on any atom is -0.326 e. The highest BCUT2D eigenvalue weighted by atomic mass is 32.2. The molecule has 1 rings (SSSR count). The lowest BCUT2D eigenvalue weighted by Crippen LogP contribution is -2.15. The van der Waals surface area contributed by atoms with Gasteiger partial charge in [-0.1, -0.05) is 17.8 Å². The van der Waals surface area contributed by atoms with E-state index in [1.807, 2.05) is 7.05 Å². The number of benzene rings is 1. The maximum atomic E-state index is 12.2. The number of thioether (sulfide) groups is 1. The average molecular weight is 274 g/mol. The van der Waals surface area contributed by atoms with E-state index in [0.717, 1.165) is 13.0 Å². The predicted octanol–water partition coefficient (Wildman–Crippen LogP) is 2.94. The van der Waals surface area contributed by atoms with Crippen molar-refractivity contribution >= 4 is 23.4 Å². The monoisotopic (exact) mass is 274 g/mol. The standard InChI is InChI=1S/C12H16F2N2OS/c1-15-7-3-6-11(17)16-9-4-2-5-10(8-9)18-12(13)14/h2,4-5,8,12,15H,3,6-7H2,1H3,(H,16,17). The van der Waals surface area contributed by atoms with Crippen LogP contribution in [0.25, 0.3) is 0 Å². The molecule has 3 nitrogen and oxygen atoms in total. The Morgan fingerprint density at radius 1 is 1.44 bits per heavy atom. The van der Waals surface area contributed by atoms with Crippen molar-refractivity contribution < 1.29 is 13.6 Å². The van der Waals surface area contributed by atoms with Gasteiger partial charge in [0.2, 0.25) is 5.91 Å². The van der Waals surface area contributed by atoms with Crippen LogP contribution in [0.5, 0.6) is 0 Å². The second kappa shape index (κ2) is 8.05. The van der Waals surface area contributed by atoms with Crippen molar-refractivity contribution in [1.82, 2.24) is 5.32 Å². The normalized spacial score (nSPS) is 10.7. The van der Waals surface area contributed by atoms with Crippen LogP contribution in [0, 0.1) is 0 Å². The lowest BCUT2D eigenvalue weighted by Gasteiger charge is -2.07. The highest BCUT2D eigenvalue weighted by Crippen LogP contribution is 2.27. The molecule has 0 saturated heterocycles. The number of hydrogen-bond donors (Lipinski definition) is 2. The number of carbonyl (C=O) groups is 1. The van der Waals surface area contributed by atoms with Crippen molar-refractivity contribution in [3.05, 3.63) is 24.3 Å². The van der Waals surface area contributed by atoms with Crippen molar-refractivity contribution in [3.8, 4) is 0 Å². The molecular formula is C12H16F2N2OS. The summed E-state index contributed by atoms with van der Waals surface area (Å²) in [5, 5.41) is 5.64. The molecule has 2 N–H and O–H groups in total. The SMILES string of the molecule is CNCCCC(=O)Nc1cccc(SC(F)F)c1. The van der Waals surface area contributed by atoms with Crippen LogP contribution in [0.3, 0.4) is 0 Å². The zero-order valence-electron chi connectivity index (χ0n) is 10.1. The molecule has 0 aliphatic carbocycles. The fraction of sp³-hybridized carbons (Fsp3) is 0.417. The first-order chi connectivity index (χ1) is 8.61. The fourth-order valence-corrected chi connectivity index (χ4v) is 1.96. The lowest BCUT2D eigenvalue weighted by molar-refractivity contribution is -0.116. The van der Waals surface area contributed by atoms with Gasteiger partial charge in [0, 0.05) is 17.0 Å². The smallest absolute Gasteiger partial charge is 0.288 e. The molecule has 0 aliphatic heterocycles. The number of anilines is 1. The first kappa shape index (κ1) is 14.9. The molecular weight excluding hydrogens is 258 g/mol. The van der Waals surface area contributed by atoms with Gasteiger partial charge in [0.15, 0.2) is 0 Å². The van der Waals surface area contributed by atoms with E-state index in [4.69, 9.17) is 0 Å². The van der Waals surface area contributed by atoms with E-state index in [1.165, 1.54) is 0 Å². The Morgan fingerprint density at radius 2 is 2.22 bits per heavy atom. The Labute approximate surface area is 109 Å². The van der Waals surface area contributed by atoms with Crippen molar-refractivity contribution in [2.75, 3.05) is 18.9 Å². The van der Waals surface area contributed by atoms with Gasteiger partial charge in [-0.15, -0.1) is 0 Å². The second-order valence-electron chi connectivity index (χ2n) is 3.66. The molecule has 1 aromatic rings. The van der Waals surface area contributed by atoms with Crippen LogP contribution in [-0.4, -0.2) is 25.3 Å². The summed E-state index contributed by atoms with van der Waals surface area (Å²) in [4.78, 5) is 12.0. The molecule has 6 heteroatoms. The second-order valence-corrected chi connectivity index (χ2v) is 4.73. The number of carbonyl (C=O) groups excluding carboxylic acids is 1. The molecule has 18 heavy (non-hydrogen) atoms. The molecule has 0 unspecified atom stereocenters. The third-order valence-electron chi connectivity index (χ3n) is 2.17. The van der Waals surface area contributed by atoms with Gasteiger partial charge in [-0.2, -0.15) is 8.78 Å². The largest absolute Gasteiger partial charge is 0.326 e. The Balaban J connectivity index is 2.48. The highest BCUT2D eigenvalue weighted by Gasteiger charge is 2.07. The Bertz CT molecular complexity index is 388. The number of rotatable bonds is 7. The molecule has 0 fully saturated rings. The zero-order valence-corrected chi connectivity index (χ0v) is 10.9. The number of nitrogens with one attached hydrogen (secondary N) is 2. The number of hydrogen-bond acceptors (Lipinski definition) is 3. The quantitative estimate of drug-likeness (QED) is 0.593. The van der Waals surface area contributed by atoms with Gasteiger partial charge in [-0.3, -0.25) is 4.79 Å².